The van der Waals surface area contributed by atoms with Crippen LogP contribution in [0.3, 0.4) is 0 Å². The highest BCUT2D eigenvalue weighted by Gasteiger charge is 2.08. The van der Waals surface area contributed by atoms with Gasteiger partial charge in [0, 0.05) is 4.90 Å². The third-order valence-electron chi connectivity index (χ3n) is 3.79. The second-order valence-electron chi connectivity index (χ2n) is 5.33. The normalized spacial score (nSPS) is 10.2. The molecule has 0 aromatic heterocycles. The Morgan fingerprint density at radius 2 is 1.12 bits per heavy atom. The van der Waals surface area contributed by atoms with Crippen molar-refractivity contribution in [3.63, 3.8) is 0 Å². The second kappa shape index (κ2) is 7.20. The molecule has 1 N–H and O–H groups in total. The van der Waals surface area contributed by atoms with E-state index in [0.717, 1.165) is 15.7 Å². The molecule has 3 heteroatoms. The van der Waals surface area contributed by atoms with Gasteiger partial charge in [0.1, 0.15) is 0 Å². The third-order valence-corrected chi connectivity index (χ3v) is 4.18. The average molecular weight is 332 g/mol. The van der Waals surface area contributed by atoms with E-state index < -0.39 is 5.97 Å². The molecule has 0 spiro atoms. The summed E-state index contributed by atoms with van der Waals surface area (Å²) in [6.07, 6.45) is 0. The van der Waals surface area contributed by atoms with Crippen LogP contribution in [0.2, 0.25) is 0 Å². The van der Waals surface area contributed by atoms with Gasteiger partial charge in [-0.3, -0.25) is 0 Å². The molecular formula is C21H16O2S. The summed E-state index contributed by atoms with van der Waals surface area (Å²) in [4.78, 5) is 11.7. The van der Waals surface area contributed by atoms with Crippen molar-refractivity contribution in [1.29, 1.82) is 0 Å². The summed E-state index contributed by atoms with van der Waals surface area (Å²) >= 11 is 4.27. The number of carboxylic acid groups (broad SMARTS) is 1. The van der Waals surface area contributed by atoms with Crippen molar-refractivity contribution in [2.75, 3.05) is 0 Å². The van der Waals surface area contributed by atoms with Crippen molar-refractivity contribution in [3.8, 4) is 0 Å². The summed E-state index contributed by atoms with van der Waals surface area (Å²) in [5, 5.41) is 13.2. The molecule has 4 aromatic carbocycles. The van der Waals surface area contributed by atoms with Crippen LogP contribution in [-0.2, 0) is 0 Å². The van der Waals surface area contributed by atoms with Crippen molar-refractivity contribution in [3.05, 3.63) is 90.5 Å². The number of carboxylic acids is 1. The van der Waals surface area contributed by atoms with E-state index in [4.69, 9.17) is 5.11 Å². The smallest absolute Gasteiger partial charge is 0.336 e. The largest absolute Gasteiger partial charge is 0.478 e. The molecule has 0 saturated carbocycles. The monoisotopic (exact) mass is 332 g/mol. The maximum absolute atomic E-state index is 10.9. The first-order valence-electron chi connectivity index (χ1n) is 7.54. The fourth-order valence-electron chi connectivity index (χ4n) is 2.60. The van der Waals surface area contributed by atoms with E-state index in [9.17, 15) is 4.79 Å². The van der Waals surface area contributed by atoms with Crippen LogP contribution in [0.25, 0.3) is 21.5 Å². The van der Waals surface area contributed by atoms with Crippen LogP contribution in [0, 0.1) is 0 Å². The highest BCUT2D eigenvalue weighted by atomic mass is 32.1. The van der Waals surface area contributed by atoms with Crippen molar-refractivity contribution >= 4 is 40.1 Å². The van der Waals surface area contributed by atoms with E-state index in [-0.39, 0.29) is 0 Å². The van der Waals surface area contributed by atoms with Gasteiger partial charge in [0.15, 0.2) is 0 Å². The number of hydrogen-bond donors (Lipinski definition) is 2. The van der Waals surface area contributed by atoms with Crippen LogP contribution in [0.1, 0.15) is 10.4 Å². The Morgan fingerprint density at radius 1 is 0.667 bits per heavy atom. The molecule has 0 atom stereocenters. The summed E-state index contributed by atoms with van der Waals surface area (Å²) in [6.45, 7) is 0. The van der Waals surface area contributed by atoms with Crippen molar-refractivity contribution in [2.45, 2.75) is 4.90 Å². The van der Waals surface area contributed by atoms with E-state index in [1.807, 2.05) is 18.2 Å². The van der Waals surface area contributed by atoms with E-state index >= 15 is 0 Å². The molecule has 4 rings (SSSR count). The molecular weight excluding hydrogens is 316 g/mol. The van der Waals surface area contributed by atoms with Crippen LogP contribution >= 0.6 is 12.6 Å². The van der Waals surface area contributed by atoms with Gasteiger partial charge in [-0.05, 0) is 33.7 Å². The predicted molar refractivity (Wildman–Crippen MR) is 102 cm³/mol. The Hall–Kier alpha value is -2.78. The van der Waals surface area contributed by atoms with Crippen LogP contribution in [0.5, 0.6) is 0 Å². The van der Waals surface area contributed by atoms with Crippen molar-refractivity contribution in [1.82, 2.24) is 0 Å². The molecule has 0 aliphatic carbocycles. The average Bonchev–Trinajstić information content (AvgIpc) is 2.63. The fourth-order valence-corrected chi connectivity index (χ4v) is 2.87. The lowest BCUT2D eigenvalue weighted by Gasteiger charge is -2.04. The van der Waals surface area contributed by atoms with Gasteiger partial charge in [-0.15, -0.1) is 12.6 Å². The molecule has 0 aliphatic heterocycles. The van der Waals surface area contributed by atoms with E-state index in [2.05, 4.69) is 61.2 Å². The lowest BCUT2D eigenvalue weighted by atomic mass is 10.0. The van der Waals surface area contributed by atoms with Crippen molar-refractivity contribution in [2.24, 2.45) is 0 Å². The first kappa shape index (κ1) is 16.1. The topological polar surface area (TPSA) is 37.3 Å². The summed E-state index contributed by atoms with van der Waals surface area (Å²) in [6, 6.07) is 27.3. The Balaban J connectivity index is 0.000000149. The molecule has 24 heavy (non-hydrogen) atoms. The number of benzene rings is 4. The van der Waals surface area contributed by atoms with Crippen LogP contribution in [0.4, 0.5) is 0 Å². The molecule has 0 unspecified atom stereocenters. The Labute approximate surface area is 145 Å². The first-order chi connectivity index (χ1) is 11.7. The Morgan fingerprint density at radius 3 is 1.62 bits per heavy atom. The van der Waals surface area contributed by atoms with Gasteiger partial charge in [0.2, 0.25) is 0 Å². The Kier molecular flexibility index (Phi) is 4.82. The van der Waals surface area contributed by atoms with Gasteiger partial charge in [-0.25, -0.2) is 4.79 Å². The number of aromatic carboxylic acids is 1. The molecule has 0 amide bonds. The maximum atomic E-state index is 10.9. The molecule has 2 nitrogen and oxygen atoms in total. The predicted octanol–water partition coefficient (Wildman–Crippen LogP) is 5.67. The van der Waals surface area contributed by atoms with Gasteiger partial charge in [-0.1, -0.05) is 72.8 Å². The minimum Gasteiger partial charge on any atom is -0.478 e. The van der Waals surface area contributed by atoms with E-state index in [1.54, 1.807) is 18.2 Å². The number of rotatable bonds is 1. The summed E-state index contributed by atoms with van der Waals surface area (Å²) in [5.41, 5.74) is 0.318. The second-order valence-corrected chi connectivity index (χ2v) is 5.81. The quantitative estimate of drug-likeness (QED) is 0.441. The molecule has 0 radical (unpaired) electrons. The summed E-state index contributed by atoms with van der Waals surface area (Å²) < 4.78 is 0. The highest BCUT2D eigenvalue weighted by Crippen LogP contribution is 2.25. The standard InChI is InChI=1S/C11H8O2S.C10H8/c12-11(13)9-5-6-10(14)8-4-2-1-3-7(8)9;1-2-6-10-8-4-3-7-9(10)5-1/h1-6,14H,(H,12,13);1-8H. The molecule has 0 heterocycles. The summed E-state index contributed by atoms with van der Waals surface area (Å²) in [5.74, 6) is -0.908. The molecule has 4 aromatic rings. The molecule has 118 valence electrons. The van der Waals surface area contributed by atoms with E-state index in [1.165, 1.54) is 10.8 Å². The molecule has 0 saturated heterocycles. The molecule has 0 bridgehead atoms. The zero-order chi connectivity index (χ0) is 16.9. The van der Waals surface area contributed by atoms with E-state index in [0.29, 0.717) is 5.56 Å². The highest BCUT2D eigenvalue weighted by molar-refractivity contribution is 7.80. The minimum atomic E-state index is -0.908. The van der Waals surface area contributed by atoms with Crippen molar-refractivity contribution < 1.29 is 9.90 Å². The SMILES string of the molecule is O=C(O)c1ccc(S)c2ccccc12.c1ccc2ccccc2c1. The number of carbonyl (C=O) groups is 1. The first-order valence-corrected chi connectivity index (χ1v) is 7.99. The lowest BCUT2D eigenvalue weighted by molar-refractivity contribution is 0.0699. The Bertz CT molecular complexity index is 943. The number of fused-ring (bicyclic) bond motifs is 2. The summed E-state index contributed by atoms with van der Waals surface area (Å²) in [7, 11) is 0. The molecule has 0 fully saturated rings. The maximum Gasteiger partial charge on any atom is 0.336 e. The van der Waals surface area contributed by atoms with Gasteiger partial charge >= 0.3 is 5.97 Å². The zero-order valence-electron chi connectivity index (χ0n) is 12.9. The number of thiol groups is 1. The van der Waals surface area contributed by atoms with Gasteiger partial charge in [0.25, 0.3) is 0 Å². The van der Waals surface area contributed by atoms with Gasteiger partial charge in [0.05, 0.1) is 5.56 Å². The lowest BCUT2D eigenvalue weighted by Crippen LogP contribution is -1.97. The fraction of sp³-hybridized carbons (Fsp3) is 0. The minimum absolute atomic E-state index is 0.318. The van der Waals surface area contributed by atoms with Gasteiger partial charge < -0.3 is 5.11 Å². The number of hydrogen-bond acceptors (Lipinski definition) is 2. The molecule has 0 aliphatic rings. The van der Waals surface area contributed by atoms with Crippen LogP contribution in [-0.4, -0.2) is 11.1 Å². The zero-order valence-corrected chi connectivity index (χ0v) is 13.8. The van der Waals surface area contributed by atoms with Crippen LogP contribution in [0.15, 0.2) is 89.8 Å². The van der Waals surface area contributed by atoms with Gasteiger partial charge in [-0.2, -0.15) is 0 Å². The third kappa shape index (κ3) is 3.42. The van der Waals surface area contributed by atoms with Crippen LogP contribution < -0.4 is 0 Å².